The van der Waals surface area contributed by atoms with Gasteiger partial charge in [0.05, 0.1) is 13.7 Å². The van der Waals surface area contributed by atoms with Crippen molar-refractivity contribution in [1.82, 2.24) is 0 Å². The van der Waals surface area contributed by atoms with Crippen molar-refractivity contribution in [2.45, 2.75) is 6.92 Å². The van der Waals surface area contributed by atoms with Gasteiger partial charge in [0, 0.05) is 5.56 Å². The maximum Gasteiger partial charge on any atom is 0.118 e. The Labute approximate surface area is 109 Å². The van der Waals surface area contributed by atoms with Gasteiger partial charge in [0.25, 0.3) is 0 Å². The summed E-state index contributed by atoms with van der Waals surface area (Å²) in [5.74, 6) is 6.83. The quantitative estimate of drug-likeness (QED) is 0.448. The molecule has 0 radical (unpaired) electrons. The molecule has 0 heterocycles. The standard InChI is InChI=1S/C16H18O2/c1-3-4-5-6-13-18-14-7-8-15-9-11-16(17-2)12-10-15/h3-6,9-12H,13-14H2,1-2H3/b4-3+,6-5+. The third-order valence-corrected chi connectivity index (χ3v) is 2.15. The fourth-order valence-corrected chi connectivity index (χ4v) is 1.24. The molecule has 18 heavy (non-hydrogen) atoms. The van der Waals surface area contributed by atoms with Crippen LogP contribution in [0.1, 0.15) is 12.5 Å². The molecule has 1 aromatic carbocycles. The summed E-state index contributed by atoms with van der Waals surface area (Å²) in [5, 5.41) is 0. The lowest BCUT2D eigenvalue weighted by Crippen LogP contribution is -1.90. The van der Waals surface area contributed by atoms with E-state index >= 15 is 0 Å². The highest BCUT2D eigenvalue weighted by Gasteiger charge is 1.89. The molecule has 0 bridgehead atoms. The van der Waals surface area contributed by atoms with Crippen LogP contribution in [0.2, 0.25) is 0 Å². The van der Waals surface area contributed by atoms with E-state index in [1.54, 1.807) is 7.11 Å². The van der Waals surface area contributed by atoms with E-state index in [1.165, 1.54) is 0 Å². The van der Waals surface area contributed by atoms with Crippen molar-refractivity contribution in [2.75, 3.05) is 20.3 Å². The molecule has 2 nitrogen and oxygen atoms in total. The van der Waals surface area contributed by atoms with Crippen LogP contribution in [0.25, 0.3) is 0 Å². The van der Waals surface area contributed by atoms with Gasteiger partial charge < -0.3 is 9.47 Å². The Hall–Kier alpha value is -1.98. The lowest BCUT2D eigenvalue weighted by molar-refractivity contribution is 0.199. The number of hydrogen-bond acceptors (Lipinski definition) is 2. The molecule has 0 aliphatic rings. The minimum Gasteiger partial charge on any atom is -0.497 e. The molecule has 0 N–H and O–H groups in total. The van der Waals surface area contributed by atoms with Gasteiger partial charge in [0.1, 0.15) is 12.4 Å². The predicted molar refractivity (Wildman–Crippen MR) is 74.6 cm³/mol. The van der Waals surface area contributed by atoms with Crippen LogP contribution in [-0.4, -0.2) is 20.3 Å². The number of benzene rings is 1. The summed E-state index contributed by atoms with van der Waals surface area (Å²) >= 11 is 0. The summed E-state index contributed by atoms with van der Waals surface area (Å²) in [5.41, 5.74) is 0.962. The van der Waals surface area contributed by atoms with Crippen molar-refractivity contribution in [3.8, 4) is 17.6 Å². The van der Waals surface area contributed by atoms with E-state index in [2.05, 4.69) is 11.8 Å². The Bertz CT molecular complexity index is 444. The normalized spacial score (nSPS) is 10.6. The SMILES string of the molecule is C/C=C/C=C/COCC#Cc1ccc(OC)cc1. The predicted octanol–water partition coefficient (Wildman–Crippen LogP) is 3.20. The summed E-state index contributed by atoms with van der Waals surface area (Å²) in [6, 6.07) is 7.64. The minimum absolute atomic E-state index is 0.437. The molecule has 0 fully saturated rings. The lowest BCUT2D eigenvalue weighted by atomic mass is 10.2. The number of methoxy groups -OCH3 is 1. The third kappa shape index (κ3) is 5.93. The Morgan fingerprint density at radius 1 is 1.17 bits per heavy atom. The molecular weight excluding hydrogens is 224 g/mol. The molecule has 0 amide bonds. The second-order valence-corrected chi connectivity index (χ2v) is 3.50. The molecule has 94 valence electrons. The monoisotopic (exact) mass is 242 g/mol. The van der Waals surface area contributed by atoms with Crippen LogP contribution < -0.4 is 4.74 Å². The minimum atomic E-state index is 0.437. The number of allylic oxidation sites excluding steroid dienone is 3. The second-order valence-electron chi connectivity index (χ2n) is 3.50. The van der Waals surface area contributed by atoms with Crippen molar-refractivity contribution in [2.24, 2.45) is 0 Å². The van der Waals surface area contributed by atoms with Crippen LogP contribution in [0.15, 0.2) is 48.6 Å². The van der Waals surface area contributed by atoms with Gasteiger partial charge in [-0.25, -0.2) is 0 Å². The van der Waals surface area contributed by atoms with Crippen molar-refractivity contribution < 1.29 is 9.47 Å². The van der Waals surface area contributed by atoms with Crippen LogP contribution in [0.3, 0.4) is 0 Å². The van der Waals surface area contributed by atoms with Crippen LogP contribution >= 0.6 is 0 Å². The van der Waals surface area contributed by atoms with E-state index in [4.69, 9.17) is 9.47 Å². The summed E-state index contributed by atoms with van der Waals surface area (Å²) < 4.78 is 10.4. The van der Waals surface area contributed by atoms with Crippen molar-refractivity contribution in [3.63, 3.8) is 0 Å². The van der Waals surface area contributed by atoms with Crippen molar-refractivity contribution in [1.29, 1.82) is 0 Å². The van der Waals surface area contributed by atoms with Gasteiger partial charge >= 0.3 is 0 Å². The molecule has 2 heteroatoms. The first-order valence-corrected chi connectivity index (χ1v) is 5.85. The average molecular weight is 242 g/mol. The maximum atomic E-state index is 5.33. The summed E-state index contributed by atoms with van der Waals surface area (Å²) in [7, 11) is 1.65. The van der Waals surface area contributed by atoms with E-state index in [1.807, 2.05) is 55.5 Å². The van der Waals surface area contributed by atoms with Crippen LogP contribution in [0, 0.1) is 11.8 Å². The summed E-state index contributed by atoms with van der Waals surface area (Å²) in [4.78, 5) is 0. The van der Waals surface area contributed by atoms with Gasteiger partial charge in [-0.2, -0.15) is 0 Å². The summed E-state index contributed by atoms with van der Waals surface area (Å²) in [6.07, 6.45) is 7.85. The molecule has 1 aromatic rings. The van der Waals surface area contributed by atoms with Crippen LogP contribution in [-0.2, 0) is 4.74 Å². The largest absolute Gasteiger partial charge is 0.497 e. The lowest BCUT2D eigenvalue weighted by Gasteiger charge is -1.97. The van der Waals surface area contributed by atoms with Gasteiger partial charge in [0.2, 0.25) is 0 Å². The molecule has 1 rings (SSSR count). The number of hydrogen-bond donors (Lipinski definition) is 0. The Balaban J connectivity index is 2.28. The van der Waals surface area contributed by atoms with Crippen LogP contribution in [0.4, 0.5) is 0 Å². The highest BCUT2D eigenvalue weighted by Crippen LogP contribution is 2.09. The second kappa shape index (κ2) is 9.09. The molecule has 0 spiro atoms. The zero-order valence-electron chi connectivity index (χ0n) is 10.8. The van der Waals surface area contributed by atoms with Crippen LogP contribution in [0.5, 0.6) is 5.75 Å². The Kier molecular flexibility index (Phi) is 7.11. The van der Waals surface area contributed by atoms with Gasteiger partial charge in [0.15, 0.2) is 0 Å². The van der Waals surface area contributed by atoms with E-state index in [-0.39, 0.29) is 0 Å². The molecule has 0 saturated heterocycles. The fraction of sp³-hybridized carbons (Fsp3) is 0.250. The molecular formula is C16H18O2. The third-order valence-electron chi connectivity index (χ3n) is 2.15. The van der Waals surface area contributed by atoms with Crippen molar-refractivity contribution >= 4 is 0 Å². The zero-order chi connectivity index (χ0) is 13.1. The molecule has 0 aliphatic carbocycles. The van der Waals surface area contributed by atoms with Gasteiger partial charge in [-0.05, 0) is 31.2 Å². The first-order valence-electron chi connectivity index (χ1n) is 5.85. The van der Waals surface area contributed by atoms with Gasteiger partial charge in [-0.3, -0.25) is 0 Å². The first kappa shape index (κ1) is 14.1. The topological polar surface area (TPSA) is 18.5 Å². The summed E-state index contributed by atoms with van der Waals surface area (Å²) in [6.45, 7) is 3.00. The highest BCUT2D eigenvalue weighted by atomic mass is 16.5. The fourth-order valence-electron chi connectivity index (χ4n) is 1.24. The molecule has 0 aliphatic heterocycles. The molecule has 0 unspecified atom stereocenters. The van der Waals surface area contributed by atoms with E-state index in [0.29, 0.717) is 13.2 Å². The number of rotatable bonds is 5. The first-order chi connectivity index (χ1) is 8.86. The zero-order valence-corrected chi connectivity index (χ0v) is 10.8. The Morgan fingerprint density at radius 3 is 2.61 bits per heavy atom. The van der Waals surface area contributed by atoms with E-state index in [9.17, 15) is 0 Å². The highest BCUT2D eigenvalue weighted by molar-refractivity contribution is 5.38. The molecule has 0 atom stereocenters. The van der Waals surface area contributed by atoms with Gasteiger partial charge in [-0.1, -0.05) is 36.1 Å². The average Bonchev–Trinajstić information content (AvgIpc) is 2.42. The van der Waals surface area contributed by atoms with E-state index < -0.39 is 0 Å². The number of ether oxygens (including phenoxy) is 2. The molecule has 0 aromatic heterocycles. The van der Waals surface area contributed by atoms with E-state index in [0.717, 1.165) is 11.3 Å². The Morgan fingerprint density at radius 2 is 1.94 bits per heavy atom. The smallest absolute Gasteiger partial charge is 0.118 e. The van der Waals surface area contributed by atoms with Crippen molar-refractivity contribution in [3.05, 3.63) is 54.1 Å². The van der Waals surface area contributed by atoms with Gasteiger partial charge in [-0.15, -0.1) is 0 Å². The molecule has 0 saturated carbocycles. The maximum absolute atomic E-state index is 5.33.